The first-order valence-corrected chi connectivity index (χ1v) is 8.07. The van der Waals surface area contributed by atoms with Crippen molar-refractivity contribution >= 4 is 10.0 Å². The Balaban J connectivity index is 2.20. The van der Waals surface area contributed by atoms with Crippen molar-refractivity contribution in [3.8, 4) is 0 Å². The van der Waals surface area contributed by atoms with Crippen LogP contribution in [-0.2, 0) is 14.8 Å². The zero-order chi connectivity index (χ0) is 13.8. The number of sulfonamides is 1. The molecule has 1 rings (SSSR count). The van der Waals surface area contributed by atoms with E-state index in [2.05, 4.69) is 4.72 Å². The molecule has 0 bridgehead atoms. The zero-order valence-electron chi connectivity index (χ0n) is 11.6. The topological polar surface area (TPSA) is 81.4 Å². The van der Waals surface area contributed by atoms with Crippen molar-refractivity contribution in [1.29, 1.82) is 0 Å². The number of nitrogens with two attached hydrogens (primary N) is 1. The van der Waals surface area contributed by atoms with Gasteiger partial charge in [-0.3, -0.25) is 0 Å². The minimum atomic E-state index is -3.26. The summed E-state index contributed by atoms with van der Waals surface area (Å²) in [5, 5.41) is 0. The molecule has 0 atom stereocenters. The van der Waals surface area contributed by atoms with Crippen molar-refractivity contribution in [3.05, 3.63) is 0 Å². The van der Waals surface area contributed by atoms with Crippen LogP contribution in [0.5, 0.6) is 0 Å². The van der Waals surface area contributed by atoms with Crippen LogP contribution in [0.3, 0.4) is 0 Å². The van der Waals surface area contributed by atoms with Gasteiger partial charge in [-0.2, -0.15) is 0 Å². The van der Waals surface area contributed by atoms with Crippen molar-refractivity contribution in [2.45, 2.75) is 63.3 Å². The van der Waals surface area contributed by atoms with E-state index in [1.54, 1.807) is 20.8 Å². The van der Waals surface area contributed by atoms with Gasteiger partial charge >= 0.3 is 0 Å². The third kappa shape index (κ3) is 4.84. The van der Waals surface area contributed by atoms with Crippen LogP contribution in [0.15, 0.2) is 0 Å². The molecule has 0 amide bonds. The van der Waals surface area contributed by atoms with Gasteiger partial charge in [0, 0.05) is 12.6 Å². The molecule has 1 fully saturated rings. The lowest BCUT2D eigenvalue weighted by Gasteiger charge is -2.26. The molecule has 0 heterocycles. The Hall–Kier alpha value is -0.170. The van der Waals surface area contributed by atoms with Gasteiger partial charge in [0.25, 0.3) is 0 Å². The molecule has 0 spiro atoms. The maximum atomic E-state index is 11.8. The molecule has 1 aliphatic carbocycles. The molecule has 0 saturated heterocycles. The van der Waals surface area contributed by atoms with Crippen LogP contribution < -0.4 is 10.5 Å². The third-order valence-corrected chi connectivity index (χ3v) is 5.47. The molecule has 1 aliphatic rings. The summed E-state index contributed by atoms with van der Waals surface area (Å²) in [6.45, 7) is 5.80. The maximum absolute atomic E-state index is 11.8. The van der Waals surface area contributed by atoms with E-state index < -0.39 is 14.8 Å². The molecular weight excluding hydrogens is 252 g/mol. The van der Waals surface area contributed by atoms with Gasteiger partial charge in [0.05, 0.1) is 17.5 Å². The van der Waals surface area contributed by atoms with Gasteiger partial charge in [-0.25, -0.2) is 13.1 Å². The molecule has 0 unspecified atom stereocenters. The normalized spacial score (nSPS) is 26.2. The predicted molar refractivity (Wildman–Crippen MR) is 72.9 cm³/mol. The van der Waals surface area contributed by atoms with Crippen LogP contribution in [0, 0.1) is 0 Å². The van der Waals surface area contributed by atoms with Crippen LogP contribution in [0.2, 0.25) is 0 Å². The van der Waals surface area contributed by atoms with E-state index in [4.69, 9.17) is 10.5 Å². The average molecular weight is 278 g/mol. The first-order valence-electron chi connectivity index (χ1n) is 6.59. The number of hydrogen-bond acceptors (Lipinski definition) is 4. The summed E-state index contributed by atoms with van der Waals surface area (Å²) >= 11 is 0. The van der Waals surface area contributed by atoms with Gasteiger partial charge in [-0.1, -0.05) is 0 Å². The minimum Gasteiger partial charge on any atom is -0.377 e. The second kappa shape index (κ2) is 6.32. The van der Waals surface area contributed by atoms with Crippen molar-refractivity contribution in [2.24, 2.45) is 5.73 Å². The molecule has 0 aromatic carbocycles. The summed E-state index contributed by atoms with van der Waals surface area (Å²) in [5.41, 5.74) is 5.81. The molecule has 3 N–H and O–H groups in total. The van der Waals surface area contributed by atoms with Crippen LogP contribution in [0.25, 0.3) is 0 Å². The van der Waals surface area contributed by atoms with Gasteiger partial charge in [0.15, 0.2) is 0 Å². The lowest BCUT2D eigenvalue weighted by atomic mass is 9.94. The summed E-state index contributed by atoms with van der Waals surface area (Å²) in [5.74, 6) is 0. The molecular formula is C12H26N2O3S. The van der Waals surface area contributed by atoms with Crippen LogP contribution >= 0.6 is 0 Å². The van der Waals surface area contributed by atoms with Crippen molar-refractivity contribution in [3.63, 3.8) is 0 Å². The van der Waals surface area contributed by atoms with E-state index in [0.29, 0.717) is 19.2 Å². The Morgan fingerprint density at radius 1 is 1.22 bits per heavy atom. The first-order chi connectivity index (χ1) is 8.22. The van der Waals surface area contributed by atoms with Gasteiger partial charge in [0.2, 0.25) is 10.0 Å². The highest BCUT2D eigenvalue weighted by Gasteiger charge is 2.28. The molecule has 108 valence electrons. The molecule has 6 heteroatoms. The van der Waals surface area contributed by atoms with Crippen LogP contribution in [-0.4, -0.2) is 38.5 Å². The fourth-order valence-corrected chi connectivity index (χ4v) is 2.66. The smallest absolute Gasteiger partial charge is 0.216 e. The Morgan fingerprint density at radius 3 is 2.28 bits per heavy atom. The Morgan fingerprint density at radius 2 is 1.78 bits per heavy atom. The molecule has 0 radical (unpaired) electrons. The average Bonchev–Trinajstić information content (AvgIpc) is 2.25. The fraction of sp³-hybridized carbons (Fsp3) is 1.00. The predicted octanol–water partition coefficient (Wildman–Crippen LogP) is 0.991. The zero-order valence-corrected chi connectivity index (χ0v) is 12.4. The van der Waals surface area contributed by atoms with Crippen molar-refractivity contribution in [1.82, 2.24) is 4.72 Å². The summed E-state index contributed by atoms with van der Waals surface area (Å²) in [6.07, 6.45) is 4.20. The van der Waals surface area contributed by atoms with Crippen molar-refractivity contribution in [2.75, 3.05) is 13.2 Å². The van der Waals surface area contributed by atoms with E-state index >= 15 is 0 Å². The van der Waals surface area contributed by atoms with Gasteiger partial charge < -0.3 is 10.5 Å². The molecule has 5 nitrogen and oxygen atoms in total. The first kappa shape index (κ1) is 15.9. The fourth-order valence-electron chi connectivity index (χ4n) is 1.87. The molecule has 0 aliphatic heterocycles. The highest BCUT2D eigenvalue weighted by Crippen LogP contribution is 2.19. The standard InChI is InChI=1S/C12H26N2O3S/c1-12(2,3)18(15,16)14-8-9-17-11-6-4-10(13)5-7-11/h10-11,14H,4-9,13H2,1-3H3. The van der Waals surface area contributed by atoms with E-state index in [1.807, 2.05) is 0 Å². The second-order valence-corrected chi connectivity index (χ2v) is 8.44. The monoisotopic (exact) mass is 278 g/mol. The van der Waals surface area contributed by atoms with Crippen LogP contribution in [0.1, 0.15) is 46.5 Å². The Bertz CT molecular complexity index is 341. The van der Waals surface area contributed by atoms with E-state index in [9.17, 15) is 8.42 Å². The number of ether oxygens (including phenoxy) is 1. The van der Waals surface area contributed by atoms with Gasteiger partial charge in [-0.15, -0.1) is 0 Å². The van der Waals surface area contributed by atoms with E-state index in [-0.39, 0.29) is 6.10 Å². The summed E-state index contributed by atoms with van der Waals surface area (Å²) < 4.78 is 31.0. The van der Waals surface area contributed by atoms with E-state index in [1.165, 1.54) is 0 Å². The second-order valence-electron chi connectivity index (χ2n) is 5.92. The van der Waals surface area contributed by atoms with Crippen molar-refractivity contribution < 1.29 is 13.2 Å². The van der Waals surface area contributed by atoms with Gasteiger partial charge in [0.1, 0.15) is 0 Å². The summed E-state index contributed by atoms with van der Waals surface area (Å²) in [7, 11) is -3.26. The third-order valence-electron chi connectivity index (χ3n) is 3.27. The Kier molecular flexibility index (Phi) is 5.58. The number of rotatable bonds is 5. The lowest BCUT2D eigenvalue weighted by Crippen LogP contribution is -2.41. The highest BCUT2D eigenvalue weighted by atomic mass is 32.2. The minimum absolute atomic E-state index is 0.240. The summed E-state index contributed by atoms with van der Waals surface area (Å²) in [6, 6.07) is 0.309. The summed E-state index contributed by atoms with van der Waals surface area (Å²) in [4.78, 5) is 0. The van der Waals surface area contributed by atoms with Crippen LogP contribution in [0.4, 0.5) is 0 Å². The number of hydrogen-bond donors (Lipinski definition) is 2. The molecule has 18 heavy (non-hydrogen) atoms. The lowest BCUT2D eigenvalue weighted by molar-refractivity contribution is 0.0287. The molecule has 0 aromatic rings. The Labute approximate surface area is 111 Å². The SMILES string of the molecule is CC(C)(C)S(=O)(=O)NCCOC1CCC(N)CC1. The van der Waals surface area contributed by atoms with E-state index in [0.717, 1.165) is 25.7 Å². The quantitative estimate of drug-likeness (QED) is 0.735. The largest absolute Gasteiger partial charge is 0.377 e. The highest BCUT2D eigenvalue weighted by molar-refractivity contribution is 7.90. The maximum Gasteiger partial charge on any atom is 0.216 e. The molecule has 1 saturated carbocycles. The number of nitrogens with one attached hydrogen (secondary N) is 1. The van der Waals surface area contributed by atoms with Gasteiger partial charge in [-0.05, 0) is 46.5 Å². The molecule has 0 aromatic heterocycles.